The Labute approximate surface area is 103 Å². The Hall–Kier alpha value is -1.32. The van der Waals surface area contributed by atoms with Crippen LogP contribution >= 0.6 is 0 Å². The van der Waals surface area contributed by atoms with E-state index in [0.29, 0.717) is 13.1 Å². The van der Waals surface area contributed by atoms with E-state index in [9.17, 15) is 5.11 Å². The van der Waals surface area contributed by atoms with Crippen molar-refractivity contribution < 1.29 is 9.84 Å². The number of aliphatic hydroxyl groups is 1. The highest BCUT2D eigenvalue weighted by molar-refractivity contribution is 5.28. The fourth-order valence-corrected chi connectivity index (χ4v) is 1.45. The minimum absolute atomic E-state index is 0.491. The lowest BCUT2D eigenvalue weighted by Gasteiger charge is -2.12. The van der Waals surface area contributed by atoms with E-state index in [-0.39, 0.29) is 0 Å². The van der Waals surface area contributed by atoms with E-state index in [1.165, 1.54) is 0 Å². The van der Waals surface area contributed by atoms with E-state index in [4.69, 9.17) is 4.74 Å². The SMILES string of the molecule is C=CCNCC(O)c1ccc(OCCC)cc1. The average Bonchev–Trinajstić information content (AvgIpc) is 2.37. The molecule has 1 aromatic carbocycles. The molecule has 0 fully saturated rings. The van der Waals surface area contributed by atoms with Crippen LogP contribution in [0, 0.1) is 0 Å². The van der Waals surface area contributed by atoms with Crippen LogP contribution in [0.1, 0.15) is 25.0 Å². The Bertz CT molecular complexity index is 321. The second-order valence-corrected chi connectivity index (χ2v) is 3.88. The summed E-state index contributed by atoms with van der Waals surface area (Å²) >= 11 is 0. The van der Waals surface area contributed by atoms with E-state index >= 15 is 0 Å². The van der Waals surface area contributed by atoms with Crippen molar-refractivity contribution >= 4 is 0 Å². The predicted molar refractivity (Wildman–Crippen MR) is 70.3 cm³/mol. The van der Waals surface area contributed by atoms with Gasteiger partial charge in [0, 0.05) is 13.1 Å². The van der Waals surface area contributed by atoms with E-state index < -0.39 is 6.10 Å². The fourth-order valence-electron chi connectivity index (χ4n) is 1.45. The number of nitrogens with one attached hydrogen (secondary N) is 1. The first kappa shape index (κ1) is 13.7. The Morgan fingerprint density at radius 1 is 1.41 bits per heavy atom. The first-order valence-electron chi connectivity index (χ1n) is 6.00. The van der Waals surface area contributed by atoms with Crippen molar-refractivity contribution in [3.8, 4) is 5.75 Å². The molecule has 0 aromatic heterocycles. The summed E-state index contributed by atoms with van der Waals surface area (Å²) in [5, 5.41) is 13.0. The van der Waals surface area contributed by atoms with Crippen molar-refractivity contribution in [3.63, 3.8) is 0 Å². The maximum absolute atomic E-state index is 9.88. The Morgan fingerprint density at radius 2 is 2.12 bits per heavy atom. The van der Waals surface area contributed by atoms with Crippen LogP contribution in [0.15, 0.2) is 36.9 Å². The van der Waals surface area contributed by atoms with Crippen LogP contribution in [0.5, 0.6) is 5.75 Å². The number of ether oxygens (including phenoxy) is 1. The van der Waals surface area contributed by atoms with Gasteiger partial charge in [0.1, 0.15) is 5.75 Å². The molecular weight excluding hydrogens is 214 g/mol. The van der Waals surface area contributed by atoms with Crippen molar-refractivity contribution in [3.05, 3.63) is 42.5 Å². The molecule has 1 unspecified atom stereocenters. The second-order valence-electron chi connectivity index (χ2n) is 3.88. The van der Waals surface area contributed by atoms with Gasteiger partial charge in [0.25, 0.3) is 0 Å². The third-order valence-corrected chi connectivity index (χ3v) is 2.36. The molecule has 0 spiro atoms. The molecule has 0 amide bonds. The van der Waals surface area contributed by atoms with Gasteiger partial charge in [-0.05, 0) is 24.1 Å². The van der Waals surface area contributed by atoms with Crippen molar-refractivity contribution in [2.45, 2.75) is 19.4 Å². The summed E-state index contributed by atoms with van der Waals surface area (Å²) < 4.78 is 5.48. The van der Waals surface area contributed by atoms with Crippen LogP contribution in [0.25, 0.3) is 0 Å². The van der Waals surface area contributed by atoms with Crippen molar-refractivity contribution in [2.24, 2.45) is 0 Å². The molecule has 0 saturated carbocycles. The summed E-state index contributed by atoms with van der Waals surface area (Å²) in [4.78, 5) is 0. The summed E-state index contributed by atoms with van der Waals surface area (Å²) in [5.74, 6) is 0.849. The molecular formula is C14H21NO2. The quantitative estimate of drug-likeness (QED) is 0.536. The van der Waals surface area contributed by atoms with Crippen LogP contribution in [0.2, 0.25) is 0 Å². The molecule has 0 bridgehead atoms. The minimum Gasteiger partial charge on any atom is -0.494 e. The molecule has 2 N–H and O–H groups in total. The molecule has 0 aliphatic carbocycles. The largest absolute Gasteiger partial charge is 0.494 e. The predicted octanol–water partition coefficient (Wildman–Crippen LogP) is 2.28. The van der Waals surface area contributed by atoms with Gasteiger partial charge in [-0.25, -0.2) is 0 Å². The molecule has 0 radical (unpaired) electrons. The van der Waals surface area contributed by atoms with Gasteiger partial charge >= 0.3 is 0 Å². The molecule has 0 aliphatic heterocycles. The molecule has 1 atom stereocenters. The van der Waals surface area contributed by atoms with Gasteiger partial charge in [0.15, 0.2) is 0 Å². The van der Waals surface area contributed by atoms with Gasteiger partial charge in [-0.15, -0.1) is 6.58 Å². The third kappa shape index (κ3) is 5.02. The molecule has 3 heteroatoms. The lowest BCUT2D eigenvalue weighted by atomic mass is 10.1. The van der Waals surface area contributed by atoms with Crippen LogP contribution in [-0.4, -0.2) is 24.8 Å². The van der Waals surface area contributed by atoms with Gasteiger partial charge < -0.3 is 15.2 Å². The van der Waals surface area contributed by atoms with Crippen LogP contribution in [-0.2, 0) is 0 Å². The Kier molecular flexibility index (Phi) is 6.37. The minimum atomic E-state index is -0.491. The summed E-state index contributed by atoms with van der Waals surface area (Å²) in [6.45, 7) is 7.64. The van der Waals surface area contributed by atoms with E-state index in [1.807, 2.05) is 24.3 Å². The van der Waals surface area contributed by atoms with Crippen LogP contribution < -0.4 is 10.1 Å². The van der Waals surface area contributed by atoms with Crippen molar-refractivity contribution in [1.29, 1.82) is 0 Å². The lowest BCUT2D eigenvalue weighted by Crippen LogP contribution is -2.21. The number of hydrogen-bond acceptors (Lipinski definition) is 3. The highest BCUT2D eigenvalue weighted by atomic mass is 16.5. The van der Waals surface area contributed by atoms with Gasteiger partial charge in [-0.2, -0.15) is 0 Å². The van der Waals surface area contributed by atoms with Gasteiger partial charge in [0.2, 0.25) is 0 Å². The molecule has 0 aliphatic rings. The number of hydrogen-bond donors (Lipinski definition) is 2. The summed E-state index contributed by atoms with van der Waals surface area (Å²) in [5.41, 5.74) is 0.894. The maximum atomic E-state index is 9.88. The summed E-state index contributed by atoms with van der Waals surface area (Å²) in [6, 6.07) is 7.57. The Morgan fingerprint density at radius 3 is 2.71 bits per heavy atom. The van der Waals surface area contributed by atoms with Gasteiger partial charge in [0.05, 0.1) is 12.7 Å². The van der Waals surface area contributed by atoms with Gasteiger partial charge in [-0.3, -0.25) is 0 Å². The molecule has 94 valence electrons. The first-order chi connectivity index (χ1) is 8.27. The fraction of sp³-hybridized carbons (Fsp3) is 0.429. The first-order valence-corrected chi connectivity index (χ1v) is 6.00. The van der Waals surface area contributed by atoms with Crippen LogP contribution in [0.4, 0.5) is 0 Å². The zero-order valence-corrected chi connectivity index (χ0v) is 10.4. The maximum Gasteiger partial charge on any atom is 0.119 e. The molecule has 0 heterocycles. The Balaban J connectivity index is 2.45. The molecule has 0 saturated heterocycles. The van der Waals surface area contributed by atoms with Gasteiger partial charge in [-0.1, -0.05) is 25.1 Å². The highest BCUT2D eigenvalue weighted by Crippen LogP contribution is 2.17. The zero-order chi connectivity index (χ0) is 12.5. The summed E-state index contributed by atoms with van der Waals surface area (Å²) in [7, 11) is 0. The topological polar surface area (TPSA) is 41.5 Å². The zero-order valence-electron chi connectivity index (χ0n) is 10.4. The number of aliphatic hydroxyl groups excluding tert-OH is 1. The van der Waals surface area contributed by atoms with Crippen LogP contribution in [0.3, 0.4) is 0 Å². The average molecular weight is 235 g/mol. The van der Waals surface area contributed by atoms with E-state index in [1.54, 1.807) is 6.08 Å². The smallest absolute Gasteiger partial charge is 0.119 e. The highest BCUT2D eigenvalue weighted by Gasteiger charge is 2.06. The summed E-state index contributed by atoms with van der Waals surface area (Å²) in [6.07, 6.45) is 2.28. The molecule has 1 aromatic rings. The standard InChI is InChI=1S/C14H21NO2/c1-3-9-15-11-14(16)12-5-7-13(8-6-12)17-10-4-2/h3,5-8,14-16H,1,4,9-11H2,2H3. The molecule has 1 rings (SSSR count). The van der Waals surface area contributed by atoms with E-state index in [0.717, 1.165) is 24.3 Å². The number of benzene rings is 1. The third-order valence-electron chi connectivity index (χ3n) is 2.36. The lowest BCUT2D eigenvalue weighted by molar-refractivity contribution is 0.176. The van der Waals surface area contributed by atoms with Crippen molar-refractivity contribution in [2.75, 3.05) is 19.7 Å². The number of rotatable bonds is 8. The van der Waals surface area contributed by atoms with Crippen molar-refractivity contribution in [1.82, 2.24) is 5.32 Å². The normalized spacial score (nSPS) is 12.1. The monoisotopic (exact) mass is 235 g/mol. The van der Waals surface area contributed by atoms with E-state index in [2.05, 4.69) is 18.8 Å². The second kappa shape index (κ2) is 7.87. The molecule has 3 nitrogen and oxygen atoms in total. The molecule has 17 heavy (non-hydrogen) atoms.